The van der Waals surface area contributed by atoms with E-state index in [4.69, 9.17) is 23.2 Å². The van der Waals surface area contributed by atoms with Crippen LogP contribution >= 0.6 is 23.2 Å². The van der Waals surface area contributed by atoms with Crippen molar-refractivity contribution in [3.63, 3.8) is 0 Å². The standard InChI is InChI=1S/C19H12Cl2F2O2S/c20-15-9-16(21)19(23)18(10-15)26(24,25)11-14-8-13(6-7-17(14)22)12-4-2-1-3-5-12/h1-10H,11H2. The van der Waals surface area contributed by atoms with Crippen molar-refractivity contribution >= 4 is 33.0 Å². The van der Waals surface area contributed by atoms with Crippen LogP contribution in [0.4, 0.5) is 8.78 Å². The summed E-state index contributed by atoms with van der Waals surface area (Å²) < 4.78 is 53.5. The first-order valence-electron chi connectivity index (χ1n) is 7.49. The molecule has 7 heteroatoms. The van der Waals surface area contributed by atoms with Gasteiger partial charge in [-0.25, -0.2) is 17.2 Å². The Morgan fingerprint density at radius 3 is 2.23 bits per heavy atom. The van der Waals surface area contributed by atoms with Crippen molar-refractivity contribution in [1.29, 1.82) is 0 Å². The number of rotatable bonds is 4. The molecule has 0 fully saturated rings. The van der Waals surface area contributed by atoms with E-state index in [1.807, 2.05) is 30.3 Å². The highest BCUT2D eigenvalue weighted by Crippen LogP contribution is 2.30. The average molecular weight is 413 g/mol. The molecule has 0 saturated heterocycles. The Hall–Kier alpha value is -1.95. The quantitative estimate of drug-likeness (QED) is 0.498. The van der Waals surface area contributed by atoms with Gasteiger partial charge in [0, 0.05) is 10.6 Å². The van der Waals surface area contributed by atoms with Gasteiger partial charge < -0.3 is 0 Å². The van der Waals surface area contributed by atoms with E-state index in [-0.39, 0.29) is 10.6 Å². The lowest BCUT2D eigenvalue weighted by Crippen LogP contribution is -2.09. The zero-order valence-electron chi connectivity index (χ0n) is 13.2. The minimum atomic E-state index is -4.19. The van der Waals surface area contributed by atoms with Gasteiger partial charge in [0.1, 0.15) is 10.7 Å². The van der Waals surface area contributed by atoms with Gasteiger partial charge in [0.2, 0.25) is 0 Å². The van der Waals surface area contributed by atoms with Crippen LogP contribution < -0.4 is 0 Å². The maximum absolute atomic E-state index is 14.2. The molecule has 0 radical (unpaired) electrons. The van der Waals surface area contributed by atoms with Gasteiger partial charge >= 0.3 is 0 Å². The van der Waals surface area contributed by atoms with Crippen molar-refractivity contribution < 1.29 is 17.2 Å². The zero-order chi connectivity index (χ0) is 18.9. The Balaban J connectivity index is 2.03. The first-order valence-corrected chi connectivity index (χ1v) is 9.90. The Morgan fingerprint density at radius 1 is 0.846 bits per heavy atom. The molecule has 0 aromatic heterocycles. The second-order valence-corrected chi connectivity index (χ2v) is 8.43. The molecule has 0 aliphatic rings. The van der Waals surface area contributed by atoms with Gasteiger partial charge in [0.25, 0.3) is 0 Å². The molecule has 0 amide bonds. The summed E-state index contributed by atoms with van der Waals surface area (Å²) in [6, 6.07) is 15.4. The van der Waals surface area contributed by atoms with Crippen LogP contribution in [0, 0.1) is 11.6 Å². The van der Waals surface area contributed by atoms with E-state index >= 15 is 0 Å². The number of halogens is 4. The molecule has 3 rings (SSSR count). The molecule has 0 spiro atoms. The summed E-state index contributed by atoms with van der Waals surface area (Å²) in [4.78, 5) is -0.653. The van der Waals surface area contributed by atoms with Crippen LogP contribution in [-0.4, -0.2) is 8.42 Å². The fourth-order valence-corrected chi connectivity index (χ4v) is 4.63. The summed E-state index contributed by atoms with van der Waals surface area (Å²) in [7, 11) is -4.19. The molecule has 0 atom stereocenters. The molecule has 134 valence electrons. The molecule has 0 aliphatic heterocycles. The number of sulfone groups is 1. The lowest BCUT2D eigenvalue weighted by molar-refractivity contribution is 0.563. The van der Waals surface area contributed by atoms with Crippen LogP contribution in [0.25, 0.3) is 11.1 Å². The van der Waals surface area contributed by atoms with Gasteiger partial charge in [-0.1, -0.05) is 59.6 Å². The van der Waals surface area contributed by atoms with Crippen LogP contribution in [0.15, 0.2) is 65.6 Å². The third kappa shape index (κ3) is 3.90. The highest BCUT2D eigenvalue weighted by molar-refractivity contribution is 7.90. The van der Waals surface area contributed by atoms with Gasteiger partial charge in [-0.15, -0.1) is 0 Å². The van der Waals surface area contributed by atoms with Crippen molar-refractivity contribution in [2.24, 2.45) is 0 Å². The Labute approximate surface area is 159 Å². The first kappa shape index (κ1) is 18.8. The van der Waals surface area contributed by atoms with Gasteiger partial charge in [-0.05, 0) is 35.4 Å². The Kier molecular flexibility index (Phi) is 5.32. The smallest absolute Gasteiger partial charge is 0.185 e. The van der Waals surface area contributed by atoms with Gasteiger partial charge in [0.15, 0.2) is 15.7 Å². The van der Waals surface area contributed by atoms with E-state index in [1.54, 1.807) is 6.07 Å². The summed E-state index contributed by atoms with van der Waals surface area (Å²) in [5.74, 6) is -2.51. The minimum absolute atomic E-state index is 0.0199. The third-order valence-corrected chi connectivity index (χ3v) is 5.94. The first-order chi connectivity index (χ1) is 12.3. The number of benzene rings is 3. The predicted octanol–water partition coefficient (Wildman–Crippen LogP) is 5.91. The minimum Gasteiger partial charge on any atom is -0.223 e. The molecule has 0 aliphatic carbocycles. The molecule has 26 heavy (non-hydrogen) atoms. The van der Waals surface area contributed by atoms with E-state index in [1.165, 1.54) is 12.1 Å². The summed E-state index contributed by atoms with van der Waals surface area (Å²) in [5, 5.41) is -0.428. The number of hydrogen-bond acceptors (Lipinski definition) is 2. The van der Waals surface area contributed by atoms with Gasteiger partial charge in [-0.2, -0.15) is 0 Å². The lowest BCUT2D eigenvalue weighted by Gasteiger charge is -2.10. The van der Waals surface area contributed by atoms with Crippen molar-refractivity contribution in [2.75, 3.05) is 0 Å². The van der Waals surface area contributed by atoms with E-state index < -0.39 is 37.1 Å². The molecule has 0 saturated carbocycles. The molecule has 0 bridgehead atoms. The van der Waals surface area contributed by atoms with E-state index in [0.717, 1.165) is 17.7 Å². The van der Waals surface area contributed by atoms with E-state index in [9.17, 15) is 17.2 Å². The molecule has 0 N–H and O–H groups in total. The van der Waals surface area contributed by atoms with Crippen molar-refractivity contribution in [1.82, 2.24) is 0 Å². The average Bonchev–Trinajstić information content (AvgIpc) is 2.60. The summed E-state index contributed by atoms with van der Waals surface area (Å²) in [6.45, 7) is 0. The molecular formula is C19H12Cl2F2O2S. The Morgan fingerprint density at radius 2 is 1.54 bits per heavy atom. The van der Waals surface area contributed by atoms with Crippen molar-refractivity contribution in [2.45, 2.75) is 10.6 Å². The van der Waals surface area contributed by atoms with Gasteiger partial charge in [-0.3, -0.25) is 0 Å². The topological polar surface area (TPSA) is 34.1 Å². The van der Waals surface area contributed by atoms with Crippen LogP contribution in [0.1, 0.15) is 5.56 Å². The van der Waals surface area contributed by atoms with Crippen molar-refractivity contribution in [3.05, 3.63) is 87.9 Å². The molecule has 0 unspecified atom stereocenters. The largest absolute Gasteiger partial charge is 0.223 e. The maximum atomic E-state index is 14.2. The molecule has 3 aromatic rings. The van der Waals surface area contributed by atoms with E-state index in [2.05, 4.69) is 0 Å². The van der Waals surface area contributed by atoms with Crippen LogP contribution in [-0.2, 0) is 15.6 Å². The maximum Gasteiger partial charge on any atom is 0.185 e. The molecular weight excluding hydrogens is 401 g/mol. The summed E-state index contributed by atoms with van der Waals surface area (Å²) in [5.41, 5.74) is 1.40. The third-order valence-electron chi connectivity index (χ3n) is 3.79. The van der Waals surface area contributed by atoms with Crippen LogP contribution in [0.2, 0.25) is 10.0 Å². The van der Waals surface area contributed by atoms with Crippen LogP contribution in [0.5, 0.6) is 0 Å². The second kappa shape index (κ2) is 7.35. The monoisotopic (exact) mass is 412 g/mol. The van der Waals surface area contributed by atoms with Crippen LogP contribution in [0.3, 0.4) is 0 Å². The fraction of sp³-hybridized carbons (Fsp3) is 0.0526. The van der Waals surface area contributed by atoms with E-state index in [0.29, 0.717) is 5.56 Å². The summed E-state index contributed by atoms with van der Waals surface area (Å²) in [6.07, 6.45) is 0. The molecule has 0 heterocycles. The Bertz CT molecular complexity index is 1070. The summed E-state index contributed by atoms with van der Waals surface area (Å²) >= 11 is 11.4. The zero-order valence-corrected chi connectivity index (χ0v) is 15.5. The highest BCUT2D eigenvalue weighted by atomic mass is 35.5. The predicted molar refractivity (Wildman–Crippen MR) is 99.1 cm³/mol. The number of hydrogen-bond donors (Lipinski definition) is 0. The van der Waals surface area contributed by atoms with Crippen molar-refractivity contribution in [3.8, 4) is 11.1 Å². The van der Waals surface area contributed by atoms with Gasteiger partial charge in [0.05, 0.1) is 10.8 Å². The lowest BCUT2D eigenvalue weighted by atomic mass is 10.0. The SMILES string of the molecule is O=S(=O)(Cc1cc(-c2ccccc2)ccc1F)c1cc(Cl)cc(Cl)c1F. The second-order valence-electron chi connectivity index (χ2n) is 5.63. The normalized spacial score (nSPS) is 11.5. The molecule has 3 aromatic carbocycles. The fourth-order valence-electron chi connectivity index (χ4n) is 2.54. The molecule has 2 nitrogen and oxygen atoms in total. The highest BCUT2D eigenvalue weighted by Gasteiger charge is 2.24.